The van der Waals surface area contributed by atoms with Crippen LogP contribution in [0.25, 0.3) is 0 Å². The van der Waals surface area contributed by atoms with Gasteiger partial charge in [0.05, 0.1) is 6.54 Å². The number of hydrogen-bond acceptors (Lipinski definition) is 5. The first-order valence-corrected chi connectivity index (χ1v) is 11.7. The van der Waals surface area contributed by atoms with Gasteiger partial charge in [0.25, 0.3) is 10.0 Å². The fourth-order valence-electron chi connectivity index (χ4n) is 3.27. The number of likely N-dealkylation sites (N-methyl/N-ethyl adjacent to an activating group) is 1. The van der Waals surface area contributed by atoms with E-state index in [1.165, 1.54) is 18.2 Å². The molecule has 0 bridgehead atoms. The molecule has 2 heterocycles. The van der Waals surface area contributed by atoms with Crippen LogP contribution in [0.4, 0.5) is 0 Å². The minimum Gasteiger partial charge on any atom is -0.340 e. The molecule has 3 rings (SSSR count). The van der Waals surface area contributed by atoms with E-state index in [4.69, 9.17) is 0 Å². The number of carbonyl (C=O) groups excluding carboxylic acids is 1. The number of amides is 1. The van der Waals surface area contributed by atoms with Crippen molar-refractivity contribution in [2.75, 3.05) is 39.8 Å². The Balaban J connectivity index is 1.54. The Morgan fingerprint density at radius 1 is 1.11 bits per heavy atom. The third-order valence-corrected chi connectivity index (χ3v) is 8.16. The molecule has 0 unspecified atom stereocenters. The van der Waals surface area contributed by atoms with Crippen LogP contribution >= 0.6 is 11.3 Å². The lowest BCUT2D eigenvalue weighted by atomic mass is 10.1. The zero-order valence-corrected chi connectivity index (χ0v) is 18.0. The SMILES string of the molecule is Cc1ccc(CN2CCCN(C(=O)CN(C)S(=O)(=O)c3cccs3)CC2)cc1. The highest BCUT2D eigenvalue weighted by Crippen LogP contribution is 2.20. The Morgan fingerprint density at radius 2 is 1.86 bits per heavy atom. The third kappa shape index (κ3) is 5.20. The molecule has 6 nitrogen and oxygen atoms in total. The lowest BCUT2D eigenvalue weighted by Gasteiger charge is -2.24. The van der Waals surface area contributed by atoms with E-state index in [0.717, 1.165) is 41.7 Å². The van der Waals surface area contributed by atoms with E-state index in [9.17, 15) is 13.2 Å². The first kappa shape index (κ1) is 21.0. The monoisotopic (exact) mass is 421 g/mol. The average Bonchev–Trinajstić information content (AvgIpc) is 3.12. The van der Waals surface area contributed by atoms with Crippen molar-refractivity contribution in [2.24, 2.45) is 0 Å². The van der Waals surface area contributed by atoms with Gasteiger partial charge in [-0.3, -0.25) is 9.69 Å². The number of benzene rings is 1. The van der Waals surface area contributed by atoms with E-state index < -0.39 is 10.0 Å². The van der Waals surface area contributed by atoms with Gasteiger partial charge >= 0.3 is 0 Å². The number of thiophene rings is 1. The number of sulfonamides is 1. The van der Waals surface area contributed by atoms with Gasteiger partial charge in [-0.25, -0.2) is 8.42 Å². The molecule has 1 aliphatic heterocycles. The van der Waals surface area contributed by atoms with Gasteiger partial charge in [0.15, 0.2) is 0 Å². The fraction of sp³-hybridized carbons (Fsp3) is 0.450. The molecule has 0 radical (unpaired) electrons. The molecule has 28 heavy (non-hydrogen) atoms. The van der Waals surface area contributed by atoms with Gasteiger partial charge in [0.2, 0.25) is 5.91 Å². The average molecular weight is 422 g/mol. The highest BCUT2D eigenvalue weighted by molar-refractivity contribution is 7.91. The summed E-state index contributed by atoms with van der Waals surface area (Å²) in [5, 5.41) is 1.72. The summed E-state index contributed by atoms with van der Waals surface area (Å²) < 4.78 is 26.4. The second-order valence-electron chi connectivity index (χ2n) is 7.19. The Morgan fingerprint density at radius 3 is 2.54 bits per heavy atom. The lowest BCUT2D eigenvalue weighted by Crippen LogP contribution is -2.42. The molecule has 1 saturated heterocycles. The smallest absolute Gasteiger partial charge is 0.252 e. The minimum absolute atomic E-state index is 0.127. The van der Waals surface area contributed by atoms with Crippen molar-refractivity contribution in [2.45, 2.75) is 24.1 Å². The highest BCUT2D eigenvalue weighted by Gasteiger charge is 2.27. The Hall–Kier alpha value is -1.74. The Labute approximate surface area is 171 Å². The first-order valence-electron chi connectivity index (χ1n) is 9.42. The van der Waals surface area contributed by atoms with E-state index >= 15 is 0 Å². The fourth-order valence-corrected chi connectivity index (χ4v) is 5.59. The molecule has 0 N–H and O–H groups in total. The van der Waals surface area contributed by atoms with Gasteiger partial charge in [-0.05, 0) is 30.4 Å². The van der Waals surface area contributed by atoms with Crippen molar-refractivity contribution in [3.05, 3.63) is 52.9 Å². The second-order valence-corrected chi connectivity index (χ2v) is 10.4. The summed E-state index contributed by atoms with van der Waals surface area (Å²) in [5.41, 5.74) is 2.52. The van der Waals surface area contributed by atoms with Crippen LogP contribution in [0.1, 0.15) is 17.5 Å². The minimum atomic E-state index is -3.60. The van der Waals surface area contributed by atoms with Gasteiger partial charge in [0.1, 0.15) is 4.21 Å². The molecule has 1 aliphatic rings. The predicted octanol–water partition coefficient (Wildman–Crippen LogP) is 2.41. The Kier molecular flexibility index (Phi) is 6.87. The molecule has 0 spiro atoms. The molecular weight excluding hydrogens is 394 g/mol. The van der Waals surface area contributed by atoms with Crippen molar-refractivity contribution < 1.29 is 13.2 Å². The molecule has 1 aromatic heterocycles. The quantitative estimate of drug-likeness (QED) is 0.719. The summed E-state index contributed by atoms with van der Waals surface area (Å²) in [6, 6.07) is 11.8. The second kappa shape index (κ2) is 9.17. The molecule has 2 aromatic rings. The first-order chi connectivity index (χ1) is 13.4. The zero-order valence-electron chi connectivity index (χ0n) is 16.4. The van der Waals surface area contributed by atoms with E-state index in [2.05, 4.69) is 36.1 Å². The summed E-state index contributed by atoms with van der Waals surface area (Å²) in [6.07, 6.45) is 0.888. The molecule has 0 atom stereocenters. The molecule has 8 heteroatoms. The number of rotatable bonds is 6. The van der Waals surface area contributed by atoms with Crippen LogP contribution in [0.2, 0.25) is 0 Å². The number of nitrogens with zero attached hydrogens (tertiary/aromatic N) is 3. The van der Waals surface area contributed by atoms with Crippen LogP contribution in [-0.2, 0) is 21.4 Å². The third-order valence-electron chi connectivity index (χ3n) is 4.99. The van der Waals surface area contributed by atoms with Gasteiger partial charge in [-0.15, -0.1) is 11.3 Å². The lowest BCUT2D eigenvalue weighted by molar-refractivity contribution is -0.131. The molecule has 152 valence electrons. The van der Waals surface area contributed by atoms with Gasteiger partial charge in [-0.2, -0.15) is 4.31 Å². The molecule has 1 aromatic carbocycles. The molecule has 1 amide bonds. The van der Waals surface area contributed by atoms with E-state index in [1.807, 2.05) is 0 Å². The summed E-state index contributed by atoms with van der Waals surface area (Å²) >= 11 is 1.16. The molecule has 0 aliphatic carbocycles. The summed E-state index contributed by atoms with van der Waals surface area (Å²) in [5.74, 6) is -0.139. The standard InChI is InChI=1S/C20H27N3O3S2/c1-17-6-8-18(9-7-17)15-22-10-4-11-23(13-12-22)19(24)16-21(2)28(25,26)20-5-3-14-27-20/h3,5-9,14H,4,10-13,15-16H2,1-2H3. The van der Waals surface area contributed by atoms with Crippen LogP contribution in [0.5, 0.6) is 0 Å². The van der Waals surface area contributed by atoms with Crippen molar-refractivity contribution in [1.29, 1.82) is 0 Å². The maximum absolute atomic E-state index is 12.7. The van der Waals surface area contributed by atoms with Crippen molar-refractivity contribution in [3.8, 4) is 0 Å². The van der Waals surface area contributed by atoms with Crippen LogP contribution in [0, 0.1) is 6.92 Å². The maximum Gasteiger partial charge on any atom is 0.252 e. The molecular formula is C20H27N3O3S2. The van der Waals surface area contributed by atoms with Crippen LogP contribution in [-0.4, -0.2) is 68.2 Å². The van der Waals surface area contributed by atoms with Crippen molar-refractivity contribution in [1.82, 2.24) is 14.1 Å². The van der Waals surface area contributed by atoms with Crippen LogP contribution in [0.3, 0.4) is 0 Å². The molecule has 1 fully saturated rings. The van der Waals surface area contributed by atoms with Gasteiger partial charge in [0, 0.05) is 39.8 Å². The molecule has 0 saturated carbocycles. The largest absolute Gasteiger partial charge is 0.340 e. The summed E-state index contributed by atoms with van der Waals surface area (Å²) in [4.78, 5) is 16.8. The normalized spacial score (nSPS) is 16.3. The van der Waals surface area contributed by atoms with E-state index in [0.29, 0.717) is 13.1 Å². The van der Waals surface area contributed by atoms with E-state index in [-0.39, 0.29) is 16.7 Å². The number of carbonyl (C=O) groups is 1. The van der Waals surface area contributed by atoms with Crippen molar-refractivity contribution in [3.63, 3.8) is 0 Å². The zero-order chi connectivity index (χ0) is 20.1. The van der Waals surface area contributed by atoms with E-state index in [1.54, 1.807) is 22.4 Å². The highest BCUT2D eigenvalue weighted by atomic mass is 32.2. The van der Waals surface area contributed by atoms with Gasteiger partial charge < -0.3 is 4.90 Å². The van der Waals surface area contributed by atoms with Crippen LogP contribution < -0.4 is 0 Å². The predicted molar refractivity (Wildman–Crippen MR) is 112 cm³/mol. The number of hydrogen-bond donors (Lipinski definition) is 0. The van der Waals surface area contributed by atoms with Crippen LogP contribution in [0.15, 0.2) is 46.0 Å². The summed E-state index contributed by atoms with van der Waals surface area (Å²) in [6.45, 7) is 5.83. The topological polar surface area (TPSA) is 60.9 Å². The maximum atomic E-state index is 12.7. The van der Waals surface area contributed by atoms with Crippen molar-refractivity contribution >= 4 is 27.3 Å². The number of aryl methyl sites for hydroxylation is 1. The Bertz CT molecular complexity index is 880. The summed E-state index contributed by atoms with van der Waals surface area (Å²) in [7, 11) is -2.13. The van der Waals surface area contributed by atoms with Gasteiger partial charge in [-0.1, -0.05) is 35.9 Å².